The molecule has 0 saturated carbocycles. The average molecular weight is 422 g/mol. The van der Waals surface area contributed by atoms with Crippen molar-refractivity contribution in [2.75, 3.05) is 18.0 Å². The van der Waals surface area contributed by atoms with Crippen LogP contribution < -0.4 is 4.90 Å². The van der Waals surface area contributed by atoms with Crippen LogP contribution in [0.5, 0.6) is 0 Å². The van der Waals surface area contributed by atoms with Gasteiger partial charge in [-0.3, -0.25) is 0 Å². The highest BCUT2D eigenvalue weighted by Gasteiger charge is 2.22. The first kappa shape index (κ1) is 18.8. The third-order valence-electron chi connectivity index (χ3n) is 5.01. The second-order valence-corrected chi connectivity index (χ2v) is 8.69. The number of anilines is 1. The van der Waals surface area contributed by atoms with Crippen molar-refractivity contribution in [1.29, 1.82) is 0 Å². The van der Waals surface area contributed by atoms with Crippen molar-refractivity contribution in [1.82, 2.24) is 19.6 Å². The Bertz CT molecular complexity index is 937. The molecule has 27 heavy (non-hydrogen) atoms. The van der Waals surface area contributed by atoms with E-state index < -0.39 is 0 Å². The summed E-state index contributed by atoms with van der Waals surface area (Å²) in [7, 11) is 0. The molecule has 0 bridgehead atoms. The fraction of sp³-hybridized carbons (Fsp3) is 0.421. The van der Waals surface area contributed by atoms with E-state index in [1.165, 1.54) is 37.4 Å². The highest BCUT2D eigenvalue weighted by Crippen LogP contribution is 2.38. The lowest BCUT2D eigenvalue weighted by Crippen LogP contribution is -2.35. The molecule has 1 saturated heterocycles. The van der Waals surface area contributed by atoms with Crippen LogP contribution in [0.1, 0.15) is 32.6 Å². The van der Waals surface area contributed by atoms with Gasteiger partial charge in [0.15, 0.2) is 5.65 Å². The van der Waals surface area contributed by atoms with Crippen LogP contribution in [0.4, 0.5) is 5.95 Å². The minimum Gasteiger partial charge on any atom is -0.342 e. The molecule has 1 aliphatic rings. The Hall–Kier alpha value is -1.50. The normalized spacial score (nSPS) is 15.6. The molecule has 2 aromatic heterocycles. The molecule has 1 fully saturated rings. The molecule has 1 aromatic carbocycles. The first-order chi connectivity index (χ1) is 13.2. The van der Waals surface area contributed by atoms with Gasteiger partial charge in [-0.2, -0.15) is 0 Å². The van der Waals surface area contributed by atoms with Crippen LogP contribution in [0, 0.1) is 5.92 Å². The maximum absolute atomic E-state index is 6.34. The number of rotatable bonds is 5. The number of piperidine rings is 1. The summed E-state index contributed by atoms with van der Waals surface area (Å²) in [6.45, 7) is 4.31. The van der Waals surface area contributed by atoms with Crippen LogP contribution in [0.15, 0.2) is 40.5 Å². The van der Waals surface area contributed by atoms with Gasteiger partial charge in [0.1, 0.15) is 6.33 Å². The Morgan fingerprint density at radius 3 is 2.78 bits per heavy atom. The lowest BCUT2D eigenvalue weighted by Gasteiger charge is -2.32. The molecule has 3 heterocycles. The Balaban J connectivity index is 1.60. The predicted molar refractivity (Wildman–Crippen MR) is 111 cm³/mol. The lowest BCUT2D eigenvalue weighted by atomic mass is 9.93. The molecule has 142 valence electrons. The fourth-order valence-electron chi connectivity index (χ4n) is 3.60. The Kier molecular flexibility index (Phi) is 5.76. The summed E-state index contributed by atoms with van der Waals surface area (Å²) in [5.74, 6) is 1.74. The second-order valence-electron chi connectivity index (χ2n) is 6.82. The van der Waals surface area contributed by atoms with Crippen LogP contribution in [0.25, 0.3) is 5.65 Å². The number of hydrogen-bond donors (Lipinski definition) is 0. The molecule has 5 nitrogen and oxygen atoms in total. The third kappa shape index (κ3) is 3.89. The van der Waals surface area contributed by atoms with Crippen LogP contribution >= 0.6 is 35.0 Å². The van der Waals surface area contributed by atoms with Crippen molar-refractivity contribution in [3.63, 3.8) is 0 Å². The molecule has 8 heteroatoms. The van der Waals surface area contributed by atoms with Crippen LogP contribution in [-0.2, 0) is 0 Å². The second kappa shape index (κ2) is 8.25. The van der Waals surface area contributed by atoms with Gasteiger partial charge in [-0.1, -0.05) is 60.8 Å². The van der Waals surface area contributed by atoms with Gasteiger partial charge in [-0.05, 0) is 30.9 Å². The molecule has 0 radical (unpaired) electrons. The molecule has 0 unspecified atom stereocenters. The van der Waals surface area contributed by atoms with Crippen molar-refractivity contribution in [3.8, 4) is 0 Å². The summed E-state index contributed by atoms with van der Waals surface area (Å²) in [5.41, 5.74) is 0.789. The van der Waals surface area contributed by atoms with Gasteiger partial charge in [0.05, 0.1) is 14.9 Å². The topological polar surface area (TPSA) is 46.3 Å². The van der Waals surface area contributed by atoms with Crippen LogP contribution in [0.2, 0.25) is 10.0 Å². The number of fused-ring (bicyclic) bond motifs is 1. The van der Waals surface area contributed by atoms with Crippen molar-refractivity contribution in [2.24, 2.45) is 5.92 Å². The Labute approximate surface area is 173 Å². The van der Waals surface area contributed by atoms with Crippen LogP contribution in [-0.4, -0.2) is 32.7 Å². The van der Waals surface area contributed by atoms with E-state index in [1.807, 2.05) is 22.7 Å². The van der Waals surface area contributed by atoms with Gasteiger partial charge in [0, 0.05) is 24.2 Å². The molecule has 0 atom stereocenters. The predicted octanol–water partition coefficient (Wildman–Crippen LogP) is 5.60. The number of halogens is 2. The first-order valence-corrected chi connectivity index (χ1v) is 10.8. The fourth-order valence-corrected chi connectivity index (χ4v) is 4.99. The number of aromatic nitrogens is 4. The summed E-state index contributed by atoms with van der Waals surface area (Å²) in [5, 5.41) is 9.52. The smallest absolute Gasteiger partial charge is 0.212 e. The summed E-state index contributed by atoms with van der Waals surface area (Å²) in [6, 6.07) is 5.61. The molecule has 0 aliphatic carbocycles. The summed E-state index contributed by atoms with van der Waals surface area (Å²) < 4.78 is 1.97. The zero-order valence-electron chi connectivity index (χ0n) is 15.1. The summed E-state index contributed by atoms with van der Waals surface area (Å²) in [6.07, 6.45) is 8.61. The SMILES string of the molecule is CCCC1CCN(c2ncc(Sc3cccc(Cl)c3Cl)c3nncn23)CC1. The Morgan fingerprint density at radius 2 is 2.00 bits per heavy atom. The molecule has 4 rings (SSSR count). The van der Waals surface area contributed by atoms with Gasteiger partial charge in [-0.25, -0.2) is 9.38 Å². The highest BCUT2D eigenvalue weighted by atomic mass is 35.5. The van der Waals surface area contributed by atoms with Gasteiger partial charge < -0.3 is 4.90 Å². The largest absolute Gasteiger partial charge is 0.342 e. The number of nitrogens with zero attached hydrogens (tertiary/aromatic N) is 5. The van der Waals surface area contributed by atoms with E-state index in [0.717, 1.165) is 40.4 Å². The number of benzene rings is 1. The standard InChI is InChI=1S/C19H21Cl2N5S/c1-2-4-13-7-9-25(10-8-13)19-22-11-16(18-24-23-12-26(18)19)27-15-6-3-5-14(20)17(15)21/h3,5-6,11-13H,2,4,7-10H2,1H3. The van der Waals surface area contributed by atoms with E-state index in [9.17, 15) is 0 Å². The lowest BCUT2D eigenvalue weighted by molar-refractivity contribution is 0.375. The molecular weight excluding hydrogens is 401 g/mol. The molecule has 0 amide bonds. The van der Waals surface area contributed by atoms with Crippen molar-refractivity contribution in [2.45, 2.75) is 42.4 Å². The summed E-state index contributed by atoms with van der Waals surface area (Å²) >= 11 is 14.0. The minimum absolute atomic E-state index is 0.540. The van der Waals surface area contributed by atoms with E-state index in [0.29, 0.717) is 10.0 Å². The van der Waals surface area contributed by atoms with Crippen molar-refractivity contribution < 1.29 is 0 Å². The monoisotopic (exact) mass is 421 g/mol. The molecular formula is C19H21Cl2N5S. The molecule has 3 aromatic rings. The first-order valence-electron chi connectivity index (χ1n) is 9.23. The van der Waals surface area contributed by atoms with Crippen molar-refractivity contribution in [3.05, 3.63) is 40.8 Å². The van der Waals surface area contributed by atoms with Gasteiger partial charge in [0.25, 0.3) is 0 Å². The van der Waals surface area contributed by atoms with Gasteiger partial charge in [0.2, 0.25) is 5.95 Å². The zero-order valence-corrected chi connectivity index (χ0v) is 17.4. The summed E-state index contributed by atoms with van der Waals surface area (Å²) in [4.78, 5) is 8.85. The van der Waals surface area contributed by atoms with Gasteiger partial charge >= 0.3 is 0 Å². The number of hydrogen-bond acceptors (Lipinski definition) is 5. The Morgan fingerprint density at radius 1 is 1.19 bits per heavy atom. The van der Waals surface area contributed by atoms with E-state index >= 15 is 0 Å². The molecule has 0 N–H and O–H groups in total. The van der Waals surface area contributed by atoms with E-state index in [2.05, 4.69) is 22.0 Å². The quantitative estimate of drug-likeness (QED) is 0.536. The minimum atomic E-state index is 0.540. The highest BCUT2D eigenvalue weighted by molar-refractivity contribution is 7.99. The molecule has 1 aliphatic heterocycles. The van der Waals surface area contributed by atoms with E-state index in [1.54, 1.807) is 12.4 Å². The van der Waals surface area contributed by atoms with Gasteiger partial charge in [-0.15, -0.1) is 10.2 Å². The van der Waals surface area contributed by atoms with Crippen LogP contribution in [0.3, 0.4) is 0 Å². The van der Waals surface area contributed by atoms with E-state index in [4.69, 9.17) is 28.2 Å². The average Bonchev–Trinajstić information content (AvgIpc) is 3.17. The third-order valence-corrected chi connectivity index (χ3v) is 7.01. The molecule has 0 spiro atoms. The maximum Gasteiger partial charge on any atom is 0.212 e. The van der Waals surface area contributed by atoms with Crippen molar-refractivity contribution >= 4 is 46.6 Å². The maximum atomic E-state index is 6.34. The van der Waals surface area contributed by atoms with E-state index in [-0.39, 0.29) is 0 Å². The zero-order chi connectivity index (χ0) is 18.8.